The Balaban J connectivity index is 1.99. The van der Waals surface area contributed by atoms with Crippen molar-refractivity contribution in [1.82, 2.24) is 19.8 Å². The molecule has 1 heterocycles. The van der Waals surface area contributed by atoms with Crippen LogP contribution in [0, 0.1) is 0 Å². The largest absolute Gasteiger partial charge is 0.354 e. The Morgan fingerprint density at radius 2 is 1.95 bits per heavy atom. The third-order valence-corrected chi connectivity index (χ3v) is 3.77. The van der Waals surface area contributed by atoms with E-state index < -0.39 is 0 Å². The van der Waals surface area contributed by atoms with Gasteiger partial charge in [0, 0.05) is 32.6 Å². The topological polar surface area (TPSA) is 68.1 Å². The van der Waals surface area contributed by atoms with Crippen molar-refractivity contribution in [2.24, 2.45) is 7.05 Å². The Labute approximate surface area is 130 Å². The summed E-state index contributed by atoms with van der Waals surface area (Å²) in [6.45, 7) is 5.92. The van der Waals surface area contributed by atoms with Gasteiger partial charge in [0.1, 0.15) is 0 Å². The van der Waals surface area contributed by atoms with Crippen LogP contribution < -0.4 is 16.3 Å². The smallest absolute Gasteiger partial charge is 0.328 e. The van der Waals surface area contributed by atoms with Crippen LogP contribution >= 0.6 is 0 Å². The van der Waals surface area contributed by atoms with Gasteiger partial charge in [-0.15, -0.1) is 0 Å². The molecule has 1 aromatic heterocycles. The molecule has 1 amide bonds. The molecule has 0 aliphatic carbocycles. The maximum absolute atomic E-state index is 12.2. The molecule has 0 saturated carbocycles. The molecular formula is C16H24N4O2. The molecule has 0 aliphatic heterocycles. The minimum absolute atomic E-state index is 0.0374. The highest BCUT2D eigenvalue weighted by Gasteiger charge is 2.11. The Kier molecular flexibility index (Phi) is 5.38. The minimum Gasteiger partial charge on any atom is -0.354 e. The van der Waals surface area contributed by atoms with E-state index in [9.17, 15) is 9.59 Å². The molecule has 0 fully saturated rings. The first kappa shape index (κ1) is 16.3. The predicted molar refractivity (Wildman–Crippen MR) is 87.9 cm³/mol. The fourth-order valence-electron chi connectivity index (χ4n) is 2.57. The van der Waals surface area contributed by atoms with Crippen LogP contribution in [0.25, 0.3) is 11.0 Å². The van der Waals surface area contributed by atoms with Crippen LogP contribution in [-0.2, 0) is 18.4 Å². The number of amides is 1. The first-order chi connectivity index (χ1) is 10.5. The third-order valence-electron chi connectivity index (χ3n) is 3.77. The molecule has 0 bridgehead atoms. The molecule has 22 heavy (non-hydrogen) atoms. The van der Waals surface area contributed by atoms with Gasteiger partial charge in [0.25, 0.3) is 0 Å². The lowest BCUT2D eigenvalue weighted by atomic mass is 10.3. The first-order valence-corrected chi connectivity index (χ1v) is 7.69. The summed E-state index contributed by atoms with van der Waals surface area (Å²) in [5.41, 5.74) is 1.66. The lowest BCUT2D eigenvalue weighted by molar-refractivity contribution is -0.121. The molecule has 6 nitrogen and oxygen atoms in total. The molecule has 1 aromatic carbocycles. The van der Waals surface area contributed by atoms with Gasteiger partial charge >= 0.3 is 5.69 Å². The van der Waals surface area contributed by atoms with Crippen molar-refractivity contribution < 1.29 is 4.79 Å². The standard InChI is InChI=1S/C16H24N4O2/c1-4-17-12(2)11-18-15(21)9-10-20-14-8-6-5-7-13(14)19(3)16(20)22/h5-8,12,17H,4,9-11H2,1-3H3,(H,18,21)/t12-/m1/s1. The number of nitrogens with zero attached hydrogens (tertiary/aromatic N) is 2. The van der Waals surface area contributed by atoms with Crippen molar-refractivity contribution in [3.05, 3.63) is 34.7 Å². The molecule has 2 N–H and O–H groups in total. The zero-order valence-corrected chi connectivity index (χ0v) is 13.4. The van der Waals surface area contributed by atoms with Gasteiger partial charge in [0.05, 0.1) is 11.0 Å². The molecule has 0 saturated heterocycles. The number of para-hydroxylation sites is 2. The number of rotatable bonds is 7. The van der Waals surface area contributed by atoms with Gasteiger partial charge in [-0.3, -0.25) is 13.9 Å². The van der Waals surface area contributed by atoms with Crippen LogP contribution in [0.15, 0.2) is 29.1 Å². The van der Waals surface area contributed by atoms with E-state index >= 15 is 0 Å². The maximum Gasteiger partial charge on any atom is 0.328 e. The average molecular weight is 304 g/mol. The van der Waals surface area contributed by atoms with Gasteiger partial charge in [-0.25, -0.2) is 4.79 Å². The second kappa shape index (κ2) is 7.26. The molecule has 6 heteroatoms. The van der Waals surface area contributed by atoms with E-state index in [4.69, 9.17) is 0 Å². The number of aryl methyl sites for hydroxylation is 2. The van der Waals surface area contributed by atoms with E-state index in [1.807, 2.05) is 38.1 Å². The SMILES string of the molecule is CCN[C@H](C)CNC(=O)CCn1c(=O)n(C)c2ccccc21. The van der Waals surface area contributed by atoms with Crippen molar-refractivity contribution in [3.63, 3.8) is 0 Å². The van der Waals surface area contributed by atoms with Crippen LogP contribution in [0.3, 0.4) is 0 Å². The Hall–Kier alpha value is -2.08. The summed E-state index contributed by atoms with van der Waals surface area (Å²) >= 11 is 0. The van der Waals surface area contributed by atoms with Gasteiger partial charge in [-0.1, -0.05) is 19.1 Å². The van der Waals surface area contributed by atoms with E-state index in [0.29, 0.717) is 19.5 Å². The second-order valence-electron chi connectivity index (χ2n) is 5.49. The van der Waals surface area contributed by atoms with Crippen molar-refractivity contribution in [2.45, 2.75) is 32.9 Å². The third kappa shape index (κ3) is 3.57. The van der Waals surface area contributed by atoms with E-state index in [2.05, 4.69) is 10.6 Å². The minimum atomic E-state index is -0.0879. The van der Waals surface area contributed by atoms with Crippen LogP contribution in [0.2, 0.25) is 0 Å². The number of benzene rings is 1. The highest BCUT2D eigenvalue weighted by molar-refractivity contribution is 5.77. The Morgan fingerprint density at radius 1 is 1.27 bits per heavy atom. The van der Waals surface area contributed by atoms with Gasteiger partial charge in [0.2, 0.25) is 5.91 Å². The van der Waals surface area contributed by atoms with Crippen molar-refractivity contribution in [2.75, 3.05) is 13.1 Å². The monoisotopic (exact) mass is 304 g/mol. The van der Waals surface area contributed by atoms with Crippen molar-refractivity contribution >= 4 is 16.9 Å². The molecule has 0 radical (unpaired) electrons. The summed E-state index contributed by atoms with van der Waals surface area (Å²) in [7, 11) is 1.75. The zero-order chi connectivity index (χ0) is 16.1. The van der Waals surface area contributed by atoms with E-state index in [-0.39, 0.29) is 17.6 Å². The van der Waals surface area contributed by atoms with Crippen molar-refractivity contribution in [3.8, 4) is 0 Å². The molecule has 2 aromatic rings. The molecule has 1 atom stereocenters. The fraction of sp³-hybridized carbons (Fsp3) is 0.500. The molecule has 0 aliphatic rings. The average Bonchev–Trinajstić information content (AvgIpc) is 2.76. The number of carbonyl (C=O) groups is 1. The summed E-state index contributed by atoms with van der Waals surface area (Å²) in [6.07, 6.45) is 0.298. The maximum atomic E-state index is 12.2. The van der Waals surface area contributed by atoms with E-state index in [0.717, 1.165) is 17.6 Å². The quantitative estimate of drug-likeness (QED) is 0.796. The number of imidazole rings is 1. The van der Waals surface area contributed by atoms with Crippen molar-refractivity contribution in [1.29, 1.82) is 0 Å². The number of hydrogen-bond acceptors (Lipinski definition) is 3. The highest BCUT2D eigenvalue weighted by atomic mass is 16.2. The lowest BCUT2D eigenvalue weighted by Crippen LogP contribution is -2.39. The lowest BCUT2D eigenvalue weighted by Gasteiger charge is -2.13. The number of nitrogens with one attached hydrogen (secondary N) is 2. The highest BCUT2D eigenvalue weighted by Crippen LogP contribution is 2.11. The summed E-state index contributed by atoms with van der Waals surface area (Å²) in [5, 5.41) is 6.13. The number of carbonyl (C=O) groups excluding carboxylic acids is 1. The first-order valence-electron chi connectivity index (χ1n) is 7.69. The summed E-state index contributed by atoms with van der Waals surface area (Å²) in [4.78, 5) is 24.2. The molecule has 2 rings (SSSR count). The van der Waals surface area contributed by atoms with Gasteiger partial charge < -0.3 is 10.6 Å². The number of aromatic nitrogens is 2. The predicted octanol–water partition coefficient (Wildman–Crippen LogP) is 0.844. The molecular weight excluding hydrogens is 280 g/mol. The normalized spacial score (nSPS) is 12.5. The zero-order valence-electron chi connectivity index (χ0n) is 13.4. The van der Waals surface area contributed by atoms with Crippen LogP contribution in [0.5, 0.6) is 0 Å². The van der Waals surface area contributed by atoms with E-state index in [1.165, 1.54) is 0 Å². The molecule has 0 unspecified atom stereocenters. The summed E-state index contributed by atoms with van der Waals surface area (Å²) in [6, 6.07) is 7.86. The second-order valence-corrected chi connectivity index (χ2v) is 5.49. The van der Waals surface area contributed by atoms with Crippen LogP contribution in [-0.4, -0.2) is 34.2 Å². The summed E-state index contributed by atoms with van der Waals surface area (Å²) < 4.78 is 3.27. The van der Waals surface area contributed by atoms with E-state index in [1.54, 1.807) is 16.2 Å². The summed E-state index contributed by atoms with van der Waals surface area (Å²) in [5.74, 6) is -0.0374. The van der Waals surface area contributed by atoms with Gasteiger partial charge in [-0.05, 0) is 25.6 Å². The number of likely N-dealkylation sites (N-methyl/N-ethyl adjacent to an activating group) is 1. The molecule has 0 spiro atoms. The molecule has 120 valence electrons. The Morgan fingerprint density at radius 3 is 2.64 bits per heavy atom. The van der Waals surface area contributed by atoms with Gasteiger partial charge in [-0.2, -0.15) is 0 Å². The van der Waals surface area contributed by atoms with Crippen LogP contribution in [0.4, 0.5) is 0 Å². The fourth-order valence-corrected chi connectivity index (χ4v) is 2.57. The Bertz CT molecular complexity index is 702. The number of fused-ring (bicyclic) bond motifs is 1. The van der Waals surface area contributed by atoms with Gasteiger partial charge in [0.15, 0.2) is 0 Å². The van der Waals surface area contributed by atoms with Crippen LogP contribution in [0.1, 0.15) is 20.3 Å². The number of hydrogen-bond donors (Lipinski definition) is 2.